The summed E-state index contributed by atoms with van der Waals surface area (Å²) in [7, 11) is -3.41. The quantitative estimate of drug-likeness (QED) is 0.339. The van der Waals surface area contributed by atoms with Gasteiger partial charge < -0.3 is 14.2 Å². The molecule has 2 aromatic carbocycles. The number of rotatable bonds is 12. The number of hydrogen-bond acceptors (Lipinski definition) is 5. The molecule has 2 aromatic rings. The van der Waals surface area contributed by atoms with Gasteiger partial charge in [0.2, 0.25) is 7.37 Å². The van der Waals surface area contributed by atoms with Crippen molar-refractivity contribution in [2.75, 3.05) is 6.16 Å². The number of benzene rings is 2. The molecule has 2 rings (SSSR count). The van der Waals surface area contributed by atoms with E-state index in [1.807, 2.05) is 81.4 Å². The van der Waals surface area contributed by atoms with E-state index in [4.69, 9.17) is 4.52 Å². The molecule has 31 heavy (non-hydrogen) atoms. The zero-order valence-corrected chi connectivity index (χ0v) is 20.0. The van der Waals surface area contributed by atoms with Crippen LogP contribution in [-0.2, 0) is 38.3 Å². The van der Waals surface area contributed by atoms with Gasteiger partial charge in [-0.3, -0.25) is 9.36 Å². The fourth-order valence-electron chi connectivity index (χ4n) is 2.89. The van der Waals surface area contributed by atoms with Crippen LogP contribution in [0.4, 0.5) is 0 Å². The van der Waals surface area contributed by atoms with E-state index in [0.717, 1.165) is 11.1 Å². The summed E-state index contributed by atoms with van der Waals surface area (Å²) in [6, 6.07) is 19.1. The monoisotopic (exact) mass is 465 g/mol. The Morgan fingerprint density at radius 3 is 2.16 bits per heavy atom. The Labute approximate surface area is 188 Å². The van der Waals surface area contributed by atoms with Crippen LogP contribution in [0.5, 0.6) is 0 Å². The molecule has 0 radical (unpaired) electrons. The Bertz CT molecular complexity index is 810. The number of nitrogens with one attached hydrogen (secondary N) is 1. The van der Waals surface area contributed by atoms with Crippen LogP contribution in [0.1, 0.15) is 44.7 Å². The molecular weight excluding hydrogens is 433 g/mol. The van der Waals surface area contributed by atoms with Gasteiger partial charge in [-0.1, -0.05) is 60.7 Å². The lowest BCUT2D eigenvalue weighted by Gasteiger charge is -2.32. The number of aliphatic carboxylic acids is 1. The largest absolute Gasteiger partial charge is 0.598 e. The first-order valence-corrected chi connectivity index (χ1v) is 13.3. The van der Waals surface area contributed by atoms with Gasteiger partial charge in [0.05, 0.1) is 6.61 Å². The van der Waals surface area contributed by atoms with Crippen molar-refractivity contribution >= 4 is 24.7 Å². The molecule has 0 unspecified atom stereocenters. The smallest absolute Gasteiger partial charge is 0.303 e. The van der Waals surface area contributed by atoms with Crippen LogP contribution in [0.2, 0.25) is 0 Å². The molecule has 0 aliphatic rings. The summed E-state index contributed by atoms with van der Waals surface area (Å²) in [6.45, 7) is 5.57. The second-order valence-corrected chi connectivity index (χ2v) is 13.2. The van der Waals surface area contributed by atoms with Crippen LogP contribution in [0, 0.1) is 0 Å². The molecule has 0 saturated carbocycles. The van der Waals surface area contributed by atoms with Crippen LogP contribution < -0.4 is 4.72 Å². The van der Waals surface area contributed by atoms with Crippen LogP contribution in [-0.4, -0.2) is 32.3 Å². The van der Waals surface area contributed by atoms with Gasteiger partial charge in [0.1, 0.15) is 10.5 Å². The summed E-state index contributed by atoms with van der Waals surface area (Å²) >= 11 is -1.52. The molecule has 0 heterocycles. The van der Waals surface area contributed by atoms with Gasteiger partial charge in [-0.05, 0) is 44.7 Å². The van der Waals surface area contributed by atoms with Crippen LogP contribution >= 0.6 is 7.37 Å². The molecule has 0 amide bonds. The molecule has 6 nitrogen and oxygen atoms in total. The molecule has 0 spiro atoms. The lowest BCUT2D eigenvalue weighted by molar-refractivity contribution is -0.137. The standard InChI is InChI=1S/C23H32NO5PS/c1-23(2,3)31(28)24-21(14-15-22(25)26)30(27,17-16-19-10-6-4-7-11-19)29-18-20-12-8-5-9-13-20/h4-13,21,24H,14-18H2,1-3H3,(H,25,26)/t21-,30+,31+/m0/s1. The van der Waals surface area contributed by atoms with E-state index >= 15 is 0 Å². The lowest BCUT2D eigenvalue weighted by atomic mass is 10.2. The van der Waals surface area contributed by atoms with E-state index in [0.29, 0.717) is 6.42 Å². The maximum absolute atomic E-state index is 14.1. The van der Waals surface area contributed by atoms with Crippen LogP contribution in [0.25, 0.3) is 0 Å². The van der Waals surface area contributed by atoms with E-state index in [1.54, 1.807) is 0 Å². The topological polar surface area (TPSA) is 98.7 Å². The molecule has 0 saturated heterocycles. The highest BCUT2D eigenvalue weighted by molar-refractivity contribution is 7.91. The number of carboxylic acids is 1. The summed E-state index contributed by atoms with van der Waals surface area (Å²) in [5.74, 6) is -1.82. The number of carboxylic acid groups (broad SMARTS) is 1. The maximum Gasteiger partial charge on any atom is 0.303 e. The minimum Gasteiger partial charge on any atom is -0.598 e. The summed E-state index contributed by atoms with van der Waals surface area (Å²) in [6.07, 6.45) is 0.615. The highest BCUT2D eigenvalue weighted by Gasteiger charge is 2.40. The van der Waals surface area contributed by atoms with Crippen molar-refractivity contribution in [1.29, 1.82) is 0 Å². The van der Waals surface area contributed by atoms with Crippen LogP contribution in [0.15, 0.2) is 60.7 Å². The predicted molar refractivity (Wildman–Crippen MR) is 126 cm³/mol. The fourth-order valence-corrected chi connectivity index (χ4v) is 6.62. The van der Waals surface area contributed by atoms with E-state index < -0.39 is 35.2 Å². The third-order valence-corrected chi connectivity index (χ3v) is 9.29. The van der Waals surface area contributed by atoms with Gasteiger partial charge >= 0.3 is 5.97 Å². The van der Waals surface area contributed by atoms with Gasteiger partial charge in [0.25, 0.3) is 0 Å². The molecule has 0 aliphatic carbocycles. The Morgan fingerprint density at radius 2 is 1.65 bits per heavy atom. The lowest BCUT2D eigenvalue weighted by Crippen LogP contribution is -2.45. The Balaban J connectivity index is 2.27. The minimum atomic E-state index is -3.41. The summed E-state index contributed by atoms with van der Waals surface area (Å²) in [4.78, 5) is 11.2. The summed E-state index contributed by atoms with van der Waals surface area (Å²) < 4.78 is 35.3. The summed E-state index contributed by atoms with van der Waals surface area (Å²) in [5.41, 5.74) is 1.89. The normalized spacial score (nSPS) is 15.7. The van der Waals surface area contributed by atoms with Gasteiger partial charge in [-0.2, -0.15) is 0 Å². The van der Waals surface area contributed by atoms with Crippen molar-refractivity contribution in [3.05, 3.63) is 71.8 Å². The second kappa shape index (κ2) is 11.8. The van der Waals surface area contributed by atoms with Crippen molar-refractivity contribution < 1.29 is 23.5 Å². The van der Waals surface area contributed by atoms with Crippen molar-refractivity contribution in [2.24, 2.45) is 0 Å². The first kappa shape index (κ1) is 25.6. The average molecular weight is 466 g/mol. The zero-order valence-electron chi connectivity index (χ0n) is 18.3. The van der Waals surface area contributed by atoms with Gasteiger partial charge in [0, 0.05) is 23.9 Å². The Morgan fingerprint density at radius 1 is 1.10 bits per heavy atom. The molecule has 0 aromatic heterocycles. The van der Waals surface area contributed by atoms with Crippen molar-refractivity contribution in [1.82, 2.24) is 4.72 Å². The Hall–Kier alpha value is -1.63. The molecule has 170 valence electrons. The van der Waals surface area contributed by atoms with Gasteiger partial charge in [-0.25, -0.2) is 0 Å². The second-order valence-electron chi connectivity index (χ2n) is 8.39. The van der Waals surface area contributed by atoms with E-state index in [-0.39, 0.29) is 25.6 Å². The van der Waals surface area contributed by atoms with Crippen molar-refractivity contribution in [3.63, 3.8) is 0 Å². The summed E-state index contributed by atoms with van der Waals surface area (Å²) in [5, 5.41) is 9.20. The third kappa shape index (κ3) is 8.79. The third-order valence-electron chi connectivity index (χ3n) is 4.75. The highest BCUT2D eigenvalue weighted by atomic mass is 32.2. The molecule has 0 bridgehead atoms. The molecular formula is C23H32NO5PS. The maximum atomic E-state index is 14.1. The molecule has 0 fully saturated rings. The molecule has 2 N–H and O–H groups in total. The van der Waals surface area contributed by atoms with Crippen molar-refractivity contribution in [3.8, 4) is 0 Å². The molecule has 3 atom stereocenters. The number of aryl methyl sites for hydroxylation is 1. The first-order valence-electron chi connectivity index (χ1n) is 10.3. The minimum absolute atomic E-state index is 0.0675. The van der Waals surface area contributed by atoms with Gasteiger partial charge in [0.15, 0.2) is 0 Å². The molecule has 0 aliphatic heterocycles. The average Bonchev–Trinajstić information content (AvgIpc) is 2.74. The van der Waals surface area contributed by atoms with Crippen molar-refractivity contribution in [2.45, 2.75) is 57.2 Å². The first-order chi connectivity index (χ1) is 14.6. The molecule has 8 heteroatoms. The van der Waals surface area contributed by atoms with Gasteiger partial charge in [-0.15, -0.1) is 4.72 Å². The van der Waals surface area contributed by atoms with E-state index in [2.05, 4.69) is 4.72 Å². The Kier molecular flexibility index (Phi) is 9.79. The fraction of sp³-hybridized carbons (Fsp3) is 0.435. The number of carbonyl (C=O) groups is 1. The van der Waals surface area contributed by atoms with E-state index in [9.17, 15) is 19.0 Å². The zero-order chi connectivity index (χ0) is 22.9. The van der Waals surface area contributed by atoms with Crippen LogP contribution in [0.3, 0.4) is 0 Å². The predicted octanol–water partition coefficient (Wildman–Crippen LogP) is 4.97. The SMILES string of the molecule is CC(C)(C)[S@@+]([O-])N[C@H](CCC(=O)O)[P@@](=O)(CCc1ccccc1)OCc1ccccc1. The van der Waals surface area contributed by atoms with E-state index in [1.165, 1.54) is 0 Å². The number of hydrogen-bond donors (Lipinski definition) is 2. The highest BCUT2D eigenvalue weighted by Crippen LogP contribution is 2.54.